The van der Waals surface area contributed by atoms with E-state index < -0.39 is 10.5 Å². The predicted molar refractivity (Wildman–Crippen MR) is 66.4 cm³/mol. The Hall–Kier alpha value is -1.89. The zero-order valence-corrected chi connectivity index (χ0v) is 11.0. The third kappa shape index (κ3) is 2.86. The van der Waals surface area contributed by atoms with Crippen molar-refractivity contribution < 1.29 is 9.72 Å². The van der Waals surface area contributed by atoms with Gasteiger partial charge in [-0.3, -0.25) is 10.1 Å². The number of hydrogen-bond acceptors (Lipinski definition) is 5. The summed E-state index contributed by atoms with van der Waals surface area (Å²) in [5.74, 6) is 0. The number of nitro groups is 1. The molecule has 1 aromatic rings. The maximum Gasteiger partial charge on any atom is 0.325 e. The Labute approximate surface area is 109 Å². The van der Waals surface area contributed by atoms with E-state index in [0.29, 0.717) is 6.29 Å². The molecule has 0 N–H and O–H groups in total. The van der Waals surface area contributed by atoms with Gasteiger partial charge in [-0.05, 0) is 19.2 Å². The average Bonchev–Trinajstić information content (AvgIpc) is 2.69. The van der Waals surface area contributed by atoms with Crippen molar-refractivity contribution in [2.45, 2.75) is 12.5 Å². The topological polar surface area (TPSA) is 81.3 Å². The van der Waals surface area contributed by atoms with Crippen molar-refractivity contribution in [3.8, 4) is 0 Å². The second-order valence-electron chi connectivity index (χ2n) is 4.13. The van der Waals surface area contributed by atoms with Crippen LogP contribution in [0.1, 0.15) is 6.92 Å². The Morgan fingerprint density at radius 2 is 2.22 bits per heavy atom. The molecule has 98 valence electrons. The highest BCUT2D eigenvalue weighted by Gasteiger charge is 2.28. The van der Waals surface area contributed by atoms with E-state index in [0.717, 1.165) is 6.20 Å². The normalized spacial score (nSPS) is 14.4. The van der Waals surface area contributed by atoms with Crippen LogP contribution in [0.25, 0.3) is 0 Å². The molecule has 1 atom stereocenters. The summed E-state index contributed by atoms with van der Waals surface area (Å²) in [6.45, 7) is 1.58. The second kappa shape index (κ2) is 5.18. The van der Waals surface area contributed by atoms with E-state index in [2.05, 4.69) is 5.10 Å². The van der Waals surface area contributed by atoms with E-state index in [1.807, 2.05) is 0 Å². The molecule has 8 heteroatoms. The van der Waals surface area contributed by atoms with E-state index in [4.69, 9.17) is 11.6 Å². The fraction of sp³-hybridized carbons (Fsp3) is 0.400. The van der Waals surface area contributed by atoms with Crippen LogP contribution in [0.15, 0.2) is 18.5 Å². The van der Waals surface area contributed by atoms with Gasteiger partial charge in [0.1, 0.15) is 11.7 Å². The molecule has 7 nitrogen and oxygen atoms in total. The minimum absolute atomic E-state index is 0.244. The first-order valence-electron chi connectivity index (χ1n) is 5.02. The number of hydrogen-bond donors (Lipinski definition) is 0. The molecule has 0 aromatic carbocycles. The smallest absolute Gasteiger partial charge is 0.325 e. The molecule has 0 saturated heterocycles. The van der Waals surface area contributed by atoms with E-state index in [1.165, 1.54) is 4.68 Å². The Morgan fingerprint density at radius 3 is 2.61 bits per heavy atom. The zero-order chi connectivity index (χ0) is 13.9. The van der Waals surface area contributed by atoms with E-state index in [-0.39, 0.29) is 10.8 Å². The molecule has 1 heterocycles. The van der Waals surface area contributed by atoms with Gasteiger partial charge in [0.2, 0.25) is 5.15 Å². The molecule has 1 aromatic heterocycles. The first-order chi connectivity index (χ1) is 8.30. The lowest BCUT2D eigenvalue weighted by Gasteiger charge is -2.19. The Balaban J connectivity index is 3.20. The minimum Gasteiger partial charge on any atom is -0.384 e. The van der Waals surface area contributed by atoms with Crippen molar-refractivity contribution in [1.82, 2.24) is 14.7 Å². The number of rotatable bonds is 5. The van der Waals surface area contributed by atoms with Crippen molar-refractivity contribution >= 4 is 23.6 Å². The van der Waals surface area contributed by atoms with Gasteiger partial charge in [0.05, 0.1) is 4.92 Å². The quantitative estimate of drug-likeness (QED) is 0.460. The van der Waals surface area contributed by atoms with E-state index >= 15 is 0 Å². The van der Waals surface area contributed by atoms with Crippen molar-refractivity contribution in [3.63, 3.8) is 0 Å². The molecule has 0 amide bonds. The first kappa shape index (κ1) is 14.2. The summed E-state index contributed by atoms with van der Waals surface area (Å²) in [4.78, 5) is 22.9. The molecule has 0 fully saturated rings. The van der Waals surface area contributed by atoms with Crippen LogP contribution in [0.2, 0.25) is 5.15 Å². The second-order valence-corrected chi connectivity index (χ2v) is 4.49. The summed E-state index contributed by atoms with van der Waals surface area (Å²) in [6, 6.07) is 0. The third-order valence-electron chi connectivity index (χ3n) is 2.29. The van der Waals surface area contributed by atoms with Crippen LogP contribution in [-0.4, -0.2) is 40.0 Å². The summed E-state index contributed by atoms with van der Waals surface area (Å²) < 4.78 is 1.17. The molecule has 0 bridgehead atoms. The Morgan fingerprint density at radius 1 is 1.61 bits per heavy atom. The molecule has 1 rings (SSSR count). The van der Waals surface area contributed by atoms with Crippen LogP contribution in [-0.2, 0) is 10.3 Å². The van der Waals surface area contributed by atoms with E-state index in [9.17, 15) is 14.9 Å². The monoisotopic (exact) mass is 272 g/mol. The summed E-state index contributed by atoms with van der Waals surface area (Å²) in [7, 11) is 3.58. The maximum absolute atomic E-state index is 11.2. The van der Waals surface area contributed by atoms with Crippen molar-refractivity contribution in [3.05, 3.63) is 33.7 Å². The summed E-state index contributed by atoms with van der Waals surface area (Å²) in [5.41, 5.74) is -1.45. The van der Waals surface area contributed by atoms with Crippen LogP contribution in [0, 0.1) is 10.1 Å². The van der Waals surface area contributed by atoms with Crippen LogP contribution in [0.4, 0.5) is 5.69 Å². The van der Waals surface area contributed by atoms with Gasteiger partial charge in [-0.1, -0.05) is 11.6 Å². The highest BCUT2D eigenvalue weighted by Crippen LogP contribution is 2.26. The molecule has 18 heavy (non-hydrogen) atoms. The highest BCUT2D eigenvalue weighted by molar-refractivity contribution is 6.31. The average molecular weight is 273 g/mol. The lowest BCUT2D eigenvalue weighted by Crippen LogP contribution is -2.30. The number of nitrogens with zero attached hydrogens (tertiary/aromatic N) is 4. The number of carbonyl (C=O) groups excluding carboxylic acids is 1. The van der Waals surface area contributed by atoms with Gasteiger partial charge in [0.25, 0.3) is 0 Å². The summed E-state index contributed by atoms with van der Waals surface area (Å²) in [6.07, 6.45) is 5.01. The summed E-state index contributed by atoms with van der Waals surface area (Å²) >= 11 is 5.64. The van der Waals surface area contributed by atoms with Crippen LogP contribution >= 0.6 is 11.6 Å². The van der Waals surface area contributed by atoms with E-state index in [1.54, 1.807) is 38.2 Å². The Kier molecular flexibility index (Phi) is 4.07. The molecular formula is C10H13ClN4O3. The van der Waals surface area contributed by atoms with Gasteiger partial charge in [-0.15, -0.1) is 0 Å². The number of aromatic nitrogens is 2. The van der Waals surface area contributed by atoms with Crippen LogP contribution in [0.5, 0.6) is 0 Å². The molecule has 0 saturated carbocycles. The molecule has 0 radical (unpaired) electrons. The van der Waals surface area contributed by atoms with Crippen molar-refractivity contribution in [2.24, 2.45) is 0 Å². The fourth-order valence-corrected chi connectivity index (χ4v) is 1.38. The third-order valence-corrected chi connectivity index (χ3v) is 2.56. The molecule has 1 unspecified atom stereocenters. The SMILES string of the molecule is CN(C)/C=C\C(C)(C=O)n1cc([N+](=O)[O-])c(Cl)n1. The van der Waals surface area contributed by atoms with Crippen LogP contribution in [0.3, 0.4) is 0 Å². The largest absolute Gasteiger partial charge is 0.384 e. The van der Waals surface area contributed by atoms with Gasteiger partial charge in [0, 0.05) is 14.1 Å². The minimum atomic E-state index is -1.12. The van der Waals surface area contributed by atoms with Crippen molar-refractivity contribution in [1.29, 1.82) is 0 Å². The summed E-state index contributed by atoms with van der Waals surface area (Å²) in [5, 5.41) is 14.2. The molecular weight excluding hydrogens is 260 g/mol. The van der Waals surface area contributed by atoms with Crippen molar-refractivity contribution in [2.75, 3.05) is 14.1 Å². The number of allylic oxidation sites excluding steroid dienone is 1. The molecule has 0 aliphatic rings. The van der Waals surface area contributed by atoms with Gasteiger partial charge in [-0.2, -0.15) is 5.10 Å². The highest BCUT2D eigenvalue weighted by atomic mass is 35.5. The predicted octanol–water partition coefficient (Wildman–Crippen LogP) is 1.43. The lowest BCUT2D eigenvalue weighted by molar-refractivity contribution is -0.384. The lowest BCUT2D eigenvalue weighted by atomic mass is 10.1. The maximum atomic E-state index is 11.2. The number of carbonyl (C=O) groups is 1. The standard InChI is InChI=1S/C10H13ClN4O3/c1-10(7-16,4-5-13(2)3)14-6-8(15(17)18)9(11)12-14/h4-7H,1-3H3/b5-4-. The number of aldehydes is 1. The van der Waals surface area contributed by atoms with Gasteiger partial charge >= 0.3 is 5.69 Å². The number of halogens is 1. The molecule has 0 spiro atoms. The Bertz CT molecular complexity index is 497. The molecule has 0 aliphatic heterocycles. The first-order valence-corrected chi connectivity index (χ1v) is 5.40. The molecule has 0 aliphatic carbocycles. The zero-order valence-electron chi connectivity index (χ0n) is 10.2. The van der Waals surface area contributed by atoms with Gasteiger partial charge in [0.15, 0.2) is 6.29 Å². The van der Waals surface area contributed by atoms with Gasteiger partial charge in [-0.25, -0.2) is 4.68 Å². The fourth-order valence-electron chi connectivity index (χ4n) is 1.18. The van der Waals surface area contributed by atoms with Gasteiger partial charge < -0.3 is 9.69 Å². The van der Waals surface area contributed by atoms with Crippen LogP contribution < -0.4 is 0 Å².